The van der Waals surface area contributed by atoms with Gasteiger partial charge < -0.3 is 39.5 Å². The average Bonchev–Trinajstić information content (AvgIpc) is 4.07. The van der Waals surface area contributed by atoms with E-state index in [4.69, 9.17) is 21.1 Å². The summed E-state index contributed by atoms with van der Waals surface area (Å²) in [4.78, 5) is 85.2. The summed E-state index contributed by atoms with van der Waals surface area (Å²) in [6.07, 6.45) is 0. The lowest BCUT2D eigenvalue weighted by molar-refractivity contribution is 0.0515. The van der Waals surface area contributed by atoms with Crippen molar-refractivity contribution in [3.8, 4) is 0 Å². The van der Waals surface area contributed by atoms with Gasteiger partial charge in [0.25, 0.3) is 22.9 Å². The van der Waals surface area contributed by atoms with Gasteiger partial charge in [0.2, 0.25) is 0 Å². The molecule has 6 aromatic rings. The molecule has 8 heterocycles. The lowest BCUT2D eigenvalue weighted by atomic mass is 10.1. The summed E-state index contributed by atoms with van der Waals surface area (Å²) in [6, 6.07) is 7.49. The Morgan fingerprint density at radius 1 is 0.684 bits per heavy atom. The predicted molar refractivity (Wildman–Crippen MR) is 227 cm³/mol. The van der Waals surface area contributed by atoms with Gasteiger partial charge in [-0.2, -0.15) is 0 Å². The number of nitrogens with zero attached hydrogens (tertiary/aromatic N) is 3. The second kappa shape index (κ2) is 19.5. The first kappa shape index (κ1) is 41.8. The van der Waals surface area contributed by atoms with E-state index >= 15 is 0 Å². The van der Waals surface area contributed by atoms with Crippen molar-refractivity contribution in [2.45, 2.75) is 13.8 Å². The molecule has 8 rings (SSSR count). The molecule has 0 aliphatic carbocycles. The number of piperazine rings is 2. The number of H-pyrrole nitrogens is 2. The van der Waals surface area contributed by atoms with Crippen LogP contribution in [-0.4, -0.2) is 109 Å². The van der Waals surface area contributed by atoms with E-state index in [1.165, 1.54) is 45.3 Å². The number of anilines is 1. The smallest absolute Gasteiger partial charge is 0.345 e. The van der Waals surface area contributed by atoms with Crippen molar-refractivity contribution < 1.29 is 28.7 Å². The molecule has 14 nitrogen and oxygen atoms in total. The van der Waals surface area contributed by atoms with Crippen LogP contribution < -0.4 is 21.3 Å². The lowest BCUT2D eigenvalue weighted by Gasteiger charge is -2.36. The zero-order chi connectivity index (χ0) is 40.5. The first-order chi connectivity index (χ1) is 27.6. The Bertz CT molecular complexity index is 2440. The van der Waals surface area contributed by atoms with E-state index < -0.39 is 23.1 Å². The van der Waals surface area contributed by atoms with Crippen LogP contribution in [0.3, 0.4) is 0 Å². The molecule has 2 amide bonds. The van der Waals surface area contributed by atoms with Gasteiger partial charge in [0.15, 0.2) is 0 Å². The number of ether oxygens (including phenoxy) is 2. The summed E-state index contributed by atoms with van der Waals surface area (Å²) >= 11 is 11.8. The molecule has 6 aromatic heterocycles. The van der Waals surface area contributed by atoms with Gasteiger partial charge in [-0.05, 0) is 36.7 Å². The zero-order valence-corrected chi connectivity index (χ0v) is 35.0. The van der Waals surface area contributed by atoms with Gasteiger partial charge in [-0.25, -0.2) is 9.59 Å². The van der Waals surface area contributed by atoms with Crippen molar-refractivity contribution in [3.63, 3.8) is 0 Å². The van der Waals surface area contributed by atoms with Crippen LogP contribution in [0.15, 0.2) is 66.1 Å². The largest absolute Gasteiger partial charge is 0.462 e. The molecule has 2 saturated heterocycles. The van der Waals surface area contributed by atoms with Gasteiger partial charge in [0, 0.05) is 84.7 Å². The zero-order valence-electron chi connectivity index (χ0n) is 31.0. The lowest BCUT2D eigenvalue weighted by Crippen LogP contribution is -2.49. The summed E-state index contributed by atoms with van der Waals surface area (Å²) in [6.45, 7) is 9.40. The van der Waals surface area contributed by atoms with Crippen molar-refractivity contribution in [3.05, 3.63) is 103 Å². The molecular formula is C38H39ClN6O8S4. The van der Waals surface area contributed by atoms with Crippen molar-refractivity contribution in [2.75, 3.05) is 70.5 Å². The third-order valence-electron chi connectivity index (χ3n) is 8.93. The molecule has 2 fully saturated rings. The van der Waals surface area contributed by atoms with Crippen LogP contribution in [0.1, 0.15) is 53.9 Å². The molecule has 300 valence electrons. The molecule has 19 heteroatoms. The third-order valence-corrected chi connectivity index (χ3v) is 12.5. The molecule has 0 bridgehead atoms. The minimum Gasteiger partial charge on any atom is -0.462 e. The highest BCUT2D eigenvalue weighted by Crippen LogP contribution is 2.32. The van der Waals surface area contributed by atoms with Crippen LogP contribution in [0.2, 0.25) is 5.02 Å². The topological polar surface area (TPSA) is 174 Å². The summed E-state index contributed by atoms with van der Waals surface area (Å²) in [7, 11) is 0. The van der Waals surface area contributed by atoms with Crippen molar-refractivity contribution in [1.29, 1.82) is 0 Å². The van der Waals surface area contributed by atoms with Crippen LogP contribution in [0.5, 0.6) is 0 Å². The Hall–Kier alpha value is -4.85. The monoisotopic (exact) mass is 870 g/mol. The number of fused-ring (bicyclic) bond motifs is 2. The number of hydrogen-bond donors (Lipinski definition) is 3. The van der Waals surface area contributed by atoms with Gasteiger partial charge in [0.05, 0.1) is 44.7 Å². The molecule has 0 atom stereocenters. The standard InChI is InChI=1S/C19H19N3O4S2.C10H8ClNO3S.C9H12N2OS/c1-2-26-19(25)15-16(12-10-27-11-13(12)20-17(15)23)21-5-7-22(8-6-21)18(24)14-4-3-9-28-14;1-2-15-10(14)7-8(11)5-3-16-4-6(5)12-9(7)13;12-9(8-2-1-7-13-8)11-5-3-10-4-6-11/h3-4,9-11H,2,5-8H2,1H3,(H,20,23);3-4H,2H2,1H3,(H,12,13);1-2,7,10H,3-6H2. The van der Waals surface area contributed by atoms with E-state index in [0.717, 1.165) is 41.3 Å². The van der Waals surface area contributed by atoms with Crippen LogP contribution >= 0.6 is 56.9 Å². The maximum atomic E-state index is 12.6. The minimum absolute atomic E-state index is 0.0202. The number of amides is 2. The molecule has 0 aromatic carbocycles. The number of aromatic nitrogens is 2. The fraction of sp³-hybridized carbons (Fsp3) is 0.316. The Labute approximate surface area is 347 Å². The molecule has 57 heavy (non-hydrogen) atoms. The van der Waals surface area contributed by atoms with E-state index in [1.807, 2.05) is 60.5 Å². The number of hydrogen-bond acceptors (Lipinski definition) is 14. The second-order valence-electron chi connectivity index (χ2n) is 12.4. The fourth-order valence-corrected chi connectivity index (χ4v) is 9.51. The maximum Gasteiger partial charge on any atom is 0.345 e. The molecule has 2 aliphatic rings. The Morgan fingerprint density at radius 2 is 1.18 bits per heavy atom. The Morgan fingerprint density at radius 3 is 1.70 bits per heavy atom. The maximum absolute atomic E-state index is 12.6. The third kappa shape index (κ3) is 9.65. The van der Waals surface area contributed by atoms with Gasteiger partial charge in [-0.3, -0.25) is 19.2 Å². The highest BCUT2D eigenvalue weighted by molar-refractivity contribution is 7.12. The molecular weight excluding hydrogens is 832 g/mol. The number of halogens is 1. The SMILES string of the molecule is CCOC(=O)c1c(Cl)c2cscc2[nH]c1=O.CCOC(=O)c1c(N2CCN(C(=O)c3cccs3)CC2)c2cscc2[nH]c1=O.O=C(c1cccs1)N1CCNCC1. The van der Waals surface area contributed by atoms with Gasteiger partial charge in [0.1, 0.15) is 11.1 Å². The number of carbonyl (C=O) groups excluding carboxylic acids is 4. The number of esters is 2. The molecule has 0 unspecified atom stereocenters. The summed E-state index contributed by atoms with van der Waals surface area (Å²) in [5.74, 6) is -1.12. The van der Waals surface area contributed by atoms with Gasteiger partial charge in [-0.1, -0.05) is 23.7 Å². The van der Waals surface area contributed by atoms with Crippen LogP contribution in [0.4, 0.5) is 5.69 Å². The first-order valence-corrected chi connectivity index (χ1v) is 22.0. The summed E-state index contributed by atoms with van der Waals surface area (Å²) in [5.41, 5.74) is 0.871. The molecule has 0 spiro atoms. The quantitative estimate of drug-likeness (QED) is 0.162. The summed E-state index contributed by atoms with van der Waals surface area (Å²) in [5, 5.41) is 16.0. The molecule has 3 N–H and O–H groups in total. The van der Waals surface area contributed by atoms with Gasteiger partial charge in [-0.15, -0.1) is 45.3 Å². The number of rotatable bonds is 7. The number of pyridine rings is 2. The van der Waals surface area contributed by atoms with Crippen LogP contribution in [0.25, 0.3) is 21.8 Å². The Kier molecular flexibility index (Phi) is 14.3. The number of carbonyl (C=O) groups is 4. The normalized spacial score (nSPS) is 14.1. The number of nitrogens with one attached hydrogen (secondary N) is 3. The van der Waals surface area contributed by atoms with E-state index in [9.17, 15) is 28.8 Å². The van der Waals surface area contributed by atoms with Gasteiger partial charge >= 0.3 is 11.9 Å². The summed E-state index contributed by atoms with van der Waals surface area (Å²) < 4.78 is 9.90. The average molecular weight is 871 g/mol. The van der Waals surface area contributed by atoms with E-state index in [2.05, 4.69) is 15.3 Å². The van der Waals surface area contributed by atoms with E-state index in [0.29, 0.717) is 48.3 Å². The van der Waals surface area contributed by atoms with Crippen molar-refractivity contribution >= 4 is 108 Å². The van der Waals surface area contributed by atoms with Crippen LogP contribution in [0, 0.1) is 0 Å². The highest BCUT2D eigenvalue weighted by Gasteiger charge is 2.29. The van der Waals surface area contributed by atoms with Crippen molar-refractivity contribution in [1.82, 2.24) is 25.1 Å². The molecule has 0 saturated carbocycles. The van der Waals surface area contributed by atoms with E-state index in [-0.39, 0.29) is 41.2 Å². The molecule has 0 radical (unpaired) electrons. The molecule has 2 aliphatic heterocycles. The second-order valence-corrected chi connectivity index (χ2v) is 16.2. The number of aromatic amines is 2. The Balaban J connectivity index is 0.000000160. The predicted octanol–water partition coefficient (Wildman–Crippen LogP) is 6.00. The van der Waals surface area contributed by atoms with Crippen molar-refractivity contribution in [2.24, 2.45) is 0 Å². The van der Waals surface area contributed by atoms with Crippen LogP contribution in [-0.2, 0) is 9.47 Å². The highest BCUT2D eigenvalue weighted by atomic mass is 35.5. The fourth-order valence-electron chi connectivity index (χ4n) is 6.21. The first-order valence-electron chi connectivity index (χ1n) is 18.0. The van der Waals surface area contributed by atoms with E-state index in [1.54, 1.807) is 24.6 Å². The number of thiophene rings is 4. The minimum atomic E-state index is -0.693.